The van der Waals surface area contributed by atoms with Gasteiger partial charge in [-0.05, 0) is 37.1 Å². The van der Waals surface area contributed by atoms with E-state index in [1.165, 1.54) is 0 Å². The van der Waals surface area contributed by atoms with Crippen molar-refractivity contribution in [2.24, 2.45) is 0 Å². The topological polar surface area (TPSA) is 67.0 Å². The molecule has 0 aliphatic carbocycles. The highest BCUT2D eigenvalue weighted by Crippen LogP contribution is 2.14. The van der Waals surface area contributed by atoms with Gasteiger partial charge in [-0.3, -0.25) is 9.89 Å². The monoisotopic (exact) mass is 273 g/mol. The van der Waals surface area contributed by atoms with Gasteiger partial charge in [0.25, 0.3) is 5.91 Å². The van der Waals surface area contributed by atoms with Crippen molar-refractivity contribution in [3.05, 3.63) is 41.6 Å². The number of rotatable bonds is 6. The minimum Gasteiger partial charge on any atom is -0.494 e. The van der Waals surface area contributed by atoms with E-state index < -0.39 is 0 Å². The molecule has 20 heavy (non-hydrogen) atoms. The number of anilines is 1. The highest BCUT2D eigenvalue weighted by atomic mass is 16.5. The van der Waals surface area contributed by atoms with Crippen LogP contribution in [-0.2, 0) is 6.42 Å². The van der Waals surface area contributed by atoms with E-state index in [0.717, 1.165) is 24.3 Å². The molecular weight excluding hydrogens is 254 g/mol. The third kappa shape index (κ3) is 3.60. The molecule has 1 aromatic carbocycles. The summed E-state index contributed by atoms with van der Waals surface area (Å²) in [5.41, 5.74) is 1.57. The number of hydrogen-bond acceptors (Lipinski definition) is 3. The van der Waals surface area contributed by atoms with E-state index >= 15 is 0 Å². The second-order valence-corrected chi connectivity index (χ2v) is 4.46. The maximum absolute atomic E-state index is 12.0. The summed E-state index contributed by atoms with van der Waals surface area (Å²) < 4.78 is 5.48. The molecule has 2 rings (SSSR count). The number of H-pyrrole nitrogens is 1. The number of amides is 1. The molecule has 0 fully saturated rings. The Bertz CT molecular complexity index is 561. The molecule has 5 nitrogen and oxygen atoms in total. The molecule has 0 atom stereocenters. The number of ether oxygens (including phenoxy) is 1. The molecule has 0 unspecified atom stereocenters. The van der Waals surface area contributed by atoms with Crippen LogP contribution in [0, 0.1) is 0 Å². The van der Waals surface area contributed by atoms with Gasteiger partial charge in [0.1, 0.15) is 5.75 Å². The molecule has 2 N–H and O–H groups in total. The van der Waals surface area contributed by atoms with Crippen molar-refractivity contribution in [2.75, 3.05) is 11.9 Å². The predicted molar refractivity (Wildman–Crippen MR) is 78.1 cm³/mol. The number of aromatic amines is 1. The van der Waals surface area contributed by atoms with Crippen molar-refractivity contribution in [2.45, 2.75) is 26.7 Å². The first-order valence-electron chi connectivity index (χ1n) is 6.81. The molecule has 0 spiro atoms. The third-order valence-electron chi connectivity index (χ3n) is 2.84. The highest BCUT2D eigenvalue weighted by molar-refractivity contribution is 6.03. The van der Waals surface area contributed by atoms with E-state index in [1.54, 1.807) is 24.3 Å². The average Bonchev–Trinajstić information content (AvgIpc) is 2.93. The van der Waals surface area contributed by atoms with Crippen molar-refractivity contribution in [3.63, 3.8) is 0 Å². The van der Waals surface area contributed by atoms with E-state index in [-0.39, 0.29) is 5.91 Å². The van der Waals surface area contributed by atoms with Gasteiger partial charge >= 0.3 is 0 Å². The normalized spacial score (nSPS) is 10.3. The van der Waals surface area contributed by atoms with Gasteiger partial charge in [-0.25, -0.2) is 0 Å². The lowest BCUT2D eigenvalue weighted by atomic mass is 10.2. The number of aryl methyl sites for hydroxylation is 1. The van der Waals surface area contributed by atoms with E-state index in [4.69, 9.17) is 4.74 Å². The molecule has 106 valence electrons. The van der Waals surface area contributed by atoms with E-state index in [9.17, 15) is 4.79 Å². The number of hydrogen-bond donors (Lipinski definition) is 2. The molecule has 0 bridgehead atoms. The van der Waals surface area contributed by atoms with Crippen LogP contribution in [-0.4, -0.2) is 22.7 Å². The number of nitrogens with zero attached hydrogens (tertiary/aromatic N) is 1. The Balaban J connectivity index is 1.98. The van der Waals surface area contributed by atoms with Crippen LogP contribution in [0.25, 0.3) is 0 Å². The molecule has 2 aromatic rings. The lowest BCUT2D eigenvalue weighted by Gasteiger charge is -2.05. The maximum Gasteiger partial charge on any atom is 0.256 e. The SMILES string of the molecule is CCCOc1ccc(C(=O)Nc2cc(CC)[nH]n2)cc1. The second-order valence-electron chi connectivity index (χ2n) is 4.46. The van der Waals surface area contributed by atoms with Crippen molar-refractivity contribution in [1.29, 1.82) is 0 Å². The second kappa shape index (κ2) is 6.75. The smallest absolute Gasteiger partial charge is 0.256 e. The summed E-state index contributed by atoms with van der Waals surface area (Å²) in [6, 6.07) is 8.91. The van der Waals surface area contributed by atoms with E-state index in [2.05, 4.69) is 22.4 Å². The van der Waals surface area contributed by atoms with Crippen molar-refractivity contribution in [1.82, 2.24) is 10.2 Å². The lowest BCUT2D eigenvalue weighted by molar-refractivity contribution is 0.102. The summed E-state index contributed by atoms with van der Waals surface area (Å²) in [6.45, 7) is 4.75. The van der Waals surface area contributed by atoms with Crippen LogP contribution in [0.1, 0.15) is 36.3 Å². The highest BCUT2D eigenvalue weighted by Gasteiger charge is 2.08. The van der Waals surface area contributed by atoms with Gasteiger partial charge < -0.3 is 10.1 Å². The molecule has 0 saturated heterocycles. The third-order valence-corrected chi connectivity index (χ3v) is 2.84. The van der Waals surface area contributed by atoms with Crippen LogP contribution in [0.3, 0.4) is 0 Å². The Morgan fingerprint density at radius 1 is 1.30 bits per heavy atom. The molecule has 0 radical (unpaired) electrons. The van der Waals surface area contributed by atoms with Gasteiger partial charge in [0.05, 0.1) is 6.61 Å². The van der Waals surface area contributed by atoms with Gasteiger partial charge in [-0.2, -0.15) is 5.10 Å². The first kappa shape index (κ1) is 14.1. The lowest BCUT2D eigenvalue weighted by Crippen LogP contribution is -2.12. The fourth-order valence-electron chi connectivity index (χ4n) is 1.72. The number of aromatic nitrogens is 2. The Morgan fingerprint density at radius 3 is 2.65 bits per heavy atom. The fourth-order valence-corrected chi connectivity index (χ4v) is 1.72. The van der Waals surface area contributed by atoms with Gasteiger partial charge in [0, 0.05) is 17.3 Å². The van der Waals surface area contributed by atoms with E-state index in [1.807, 2.05) is 13.0 Å². The zero-order valence-corrected chi connectivity index (χ0v) is 11.8. The molecule has 0 aliphatic heterocycles. The molecule has 1 heterocycles. The number of carbonyl (C=O) groups excluding carboxylic acids is 1. The molecule has 1 amide bonds. The summed E-state index contributed by atoms with van der Waals surface area (Å²) in [6.07, 6.45) is 1.81. The summed E-state index contributed by atoms with van der Waals surface area (Å²) in [4.78, 5) is 12.0. The number of nitrogens with one attached hydrogen (secondary N) is 2. The zero-order chi connectivity index (χ0) is 14.4. The first-order valence-corrected chi connectivity index (χ1v) is 6.81. The van der Waals surface area contributed by atoms with Gasteiger partial charge in [0.15, 0.2) is 5.82 Å². The molecule has 1 aromatic heterocycles. The summed E-state index contributed by atoms with van der Waals surface area (Å²) in [5.74, 6) is 1.13. The predicted octanol–water partition coefficient (Wildman–Crippen LogP) is 3.01. The van der Waals surface area contributed by atoms with Crippen molar-refractivity contribution in [3.8, 4) is 5.75 Å². The Labute approximate surface area is 118 Å². The van der Waals surface area contributed by atoms with Crippen LogP contribution in [0.5, 0.6) is 5.75 Å². The summed E-state index contributed by atoms with van der Waals surface area (Å²) in [5, 5.41) is 9.64. The van der Waals surface area contributed by atoms with Crippen LogP contribution in [0.4, 0.5) is 5.82 Å². The fraction of sp³-hybridized carbons (Fsp3) is 0.333. The number of benzene rings is 1. The molecule has 0 saturated carbocycles. The van der Waals surface area contributed by atoms with Gasteiger partial charge in [-0.1, -0.05) is 13.8 Å². The van der Waals surface area contributed by atoms with Gasteiger partial charge in [-0.15, -0.1) is 0 Å². The number of carbonyl (C=O) groups is 1. The molecule has 5 heteroatoms. The Morgan fingerprint density at radius 2 is 2.05 bits per heavy atom. The summed E-state index contributed by atoms with van der Waals surface area (Å²) >= 11 is 0. The zero-order valence-electron chi connectivity index (χ0n) is 11.8. The van der Waals surface area contributed by atoms with Gasteiger partial charge in [0.2, 0.25) is 0 Å². The minimum absolute atomic E-state index is 0.179. The first-order chi connectivity index (χ1) is 9.72. The van der Waals surface area contributed by atoms with Crippen LogP contribution in [0.2, 0.25) is 0 Å². The Kier molecular flexibility index (Phi) is 4.76. The standard InChI is InChI=1S/C15H19N3O2/c1-3-9-20-13-7-5-11(6-8-13)15(19)16-14-10-12(4-2)17-18-14/h5-8,10H,3-4,9H2,1-2H3,(H2,16,17,18,19). The molecule has 0 aliphatic rings. The minimum atomic E-state index is -0.179. The maximum atomic E-state index is 12.0. The average molecular weight is 273 g/mol. The van der Waals surface area contributed by atoms with Crippen molar-refractivity contribution >= 4 is 11.7 Å². The summed E-state index contributed by atoms with van der Waals surface area (Å²) in [7, 11) is 0. The van der Waals surface area contributed by atoms with Crippen LogP contribution in [0.15, 0.2) is 30.3 Å². The van der Waals surface area contributed by atoms with Crippen molar-refractivity contribution < 1.29 is 9.53 Å². The molecular formula is C15H19N3O2. The van der Waals surface area contributed by atoms with E-state index in [0.29, 0.717) is 18.0 Å². The van der Waals surface area contributed by atoms with Crippen LogP contribution >= 0.6 is 0 Å². The van der Waals surface area contributed by atoms with Crippen LogP contribution < -0.4 is 10.1 Å². The Hall–Kier alpha value is -2.30. The quantitative estimate of drug-likeness (QED) is 0.850. The largest absolute Gasteiger partial charge is 0.494 e.